The number of likely N-dealkylation sites (N-methyl/N-ethyl adjacent to an activating group) is 1. The van der Waals surface area contributed by atoms with Gasteiger partial charge in [0.25, 0.3) is 11.8 Å². The minimum atomic E-state index is -0.892. The van der Waals surface area contributed by atoms with Crippen molar-refractivity contribution in [3.05, 3.63) is 23.8 Å². The molecular weight excluding hydrogens is 402 g/mol. The normalized spacial score (nSPS) is 18.1. The predicted molar refractivity (Wildman–Crippen MR) is 113 cm³/mol. The summed E-state index contributed by atoms with van der Waals surface area (Å²) < 4.78 is 16.3. The summed E-state index contributed by atoms with van der Waals surface area (Å²) in [6, 6.07) is 4.77. The Hall–Kier alpha value is -2.81. The zero-order chi connectivity index (χ0) is 22.3. The highest BCUT2D eigenvalue weighted by Gasteiger charge is 2.40. The quantitative estimate of drug-likeness (QED) is 0.667. The zero-order valence-corrected chi connectivity index (χ0v) is 18.2. The van der Waals surface area contributed by atoms with Crippen LogP contribution in [0, 0.1) is 0 Å². The van der Waals surface area contributed by atoms with E-state index >= 15 is 0 Å². The summed E-state index contributed by atoms with van der Waals surface area (Å²) in [5.74, 6) is 0.0743. The van der Waals surface area contributed by atoms with E-state index in [0.29, 0.717) is 56.2 Å². The molecule has 1 saturated heterocycles. The first-order valence-electron chi connectivity index (χ1n) is 10.7. The van der Waals surface area contributed by atoms with Crippen LogP contribution < -0.4 is 20.1 Å². The van der Waals surface area contributed by atoms with Gasteiger partial charge < -0.3 is 29.7 Å². The third-order valence-electron chi connectivity index (χ3n) is 5.86. The molecule has 0 bridgehead atoms. The number of methoxy groups -OCH3 is 1. The van der Waals surface area contributed by atoms with Gasteiger partial charge in [-0.1, -0.05) is 19.3 Å². The number of carbonyl (C=O) groups excluding carboxylic acids is 3. The molecular formula is C22H31N3O6. The lowest BCUT2D eigenvalue weighted by Crippen LogP contribution is -2.59. The lowest BCUT2D eigenvalue weighted by atomic mass is 9.80. The van der Waals surface area contributed by atoms with E-state index in [4.69, 9.17) is 14.2 Å². The van der Waals surface area contributed by atoms with Gasteiger partial charge in [0, 0.05) is 25.7 Å². The summed E-state index contributed by atoms with van der Waals surface area (Å²) >= 11 is 0. The summed E-state index contributed by atoms with van der Waals surface area (Å²) in [5, 5.41) is 5.62. The second kappa shape index (κ2) is 10.5. The van der Waals surface area contributed by atoms with Crippen LogP contribution in [0.4, 0.5) is 0 Å². The van der Waals surface area contributed by atoms with Crippen LogP contribution in [-0.4, -0.2) is 75.2 Å². The standard InChI is InChI=1S/C22H31N3O6/c1-23-21(28)22(8-4-3-5-9-22)24-20(27)16-6-7-17(18(14-16)29-2)31-15-19(26)25-10-12-30-13-11-25/h6-7,14H,3-5,8-13,15H2,1-2H3,(H,23,28)(H,24,27). The largest absolute Gasteiger partial charge is 0.493 e. The molecule has 9 nitrogen and oxygen atoms in total. The molecule has 1 saturated carbocycles. The van der Waals surface area contributed by atoms with E-state index in [9.17, 15) is 14.4 Å². The van der Waals surface area contributed by atoms with Crippen LogP contribution in [0.15, 0.2) is 18.2 Å². The van der Waals surface area contributed by atoms with Crippen LogP contribution in [0.25, 0.3) is 0 Å². The third kappa shape index (κ3) is 5.46. The van der Waals surface area contributed by atoms with Gasteiger partial charge in [0.2, 0.25) is 5.91 Å². The third-order valence-corrected chi connectivity index (χ3v) is 5.86. The molecule has 170 valence electrons. The molecule has 1 aliphatic heterocycles. The van der Waals surface area contributed by atoms with Crippen molar-refractivity contribution in [3.63, 3.8) is 0 Å². The minimum absolute atomic E-state index is 0.123. The SMILES string of the molecule is CNC(=O)C1(NC(=O)c2ccc(OCC(=O)N3CCOCC3)c(OC)c2)CCCCC1. The average Bonchev–Trinajstić information content (AvgIpc) is 2.82. The zero-order valence-electron chi connectivity index (χ0n) is 18.2. The molecule has 3 rings (SSSR count). The van der Waals surface area contributed by atoms with Crippen LogP contribution in [0.3, 0.4) is 0 Å². The number of nitrogens with one attached hydrogen (secondary N) is 2. The molecule has 0 radical (unpaired) electrons. The van der Waals surface area contributed by atoms with E-state index in [1.54, 1.807) is 30.1 Å². The predicted octanol–water partition coefficient (Wildman–Crippen LogP) is 1.11. The van der Waals surface area contributed by atoms with Crippen molar-refractivity contribution >= 4 is 17.7 Å². The molecule has 3 amide bonds. The van der Waals surface area contributed by atoms with E-state index in [-0.39, 0.29) is 24.3 Å². The number of hydrogen-bond acceptors (Lipinski definition) is 6. The van der Waals surface area contributed by atoms with Crippen LogP contribution in [0.2, 0.25) is 0 Å². The number of rotatable bonds is 7. The Morgan fingerprint density at radius 3 is 2.45 bits per heavy atom. The fraction of sp³-hybridized carbons (Fsp3) is 0.591. The molecule has 2 aliphatic rings. The van der Waals surface area contributed by atoms with Gasteiger partial charge in [0.15, 0.2) is 18.1 Å². The average molecular weight is 434 g/mol. The van der Waals surface area contributed by atoms with Crippen LogP contribution in [0.1, 0.15) is 42.5 Å². The molecule has 0 unspecified atom stereocenters. The van der Waals surface area contributed by atoms with Gasteiger partial charge in [-0.3, -0.25) is 14.4 Å². The molecule has 2 N–H and O–H groups in total. The van der Waals surface area contributed by atoms with Gasteiger partial charge >= 0.3 is 0 Å². The van der Waals surface area contributed by atoms with Crippen molar-refractivity contribution in [1.82, 2.24) is 15.5 Å². The summed E-state index contributed by atoms with van der Waals surface area (Å²) in [7, 11) is 3.05. The van der Waals surface area contributed by atoms with E-state index in [2.05, 4.69) is 10.6 Å². The van der Waals surface area contributed by atoms with Crippen molar-refractivity contribution in [2.75, 3.05) is 47.1 Å². The molecule has 1 aromatic rings. The Kier molecular flexibility index (Phi) is 7.73. The van der Waals surface area contributed by atoms with Gasteiger partial charge in [-0.25, -0.2) is 0 Å². The lowest BCUT2D eigenvalue weighted by Gasteiger charge is -2.36. The molecule has 9 heteroatoms. The first-order chi connectivity index (χ1) is 15.0. The van der Waals surface area contributed by atoms with E-state index in [1.807, 2.05) is 0 Å². The summed E-state index contributed by atoms with van der Waals surface area (Å²) in [5.41, 5.74) is -0.533. The summed E-state index contributed by atoms with van der Waals surface area (Å²) in [6.45, 7) is 2.02. The second-order valence-electron chi connectivity index (χ2n) is 7.82. The van der Waals surface area contributed by atoms with Gasteiger partial charge in [-0.2, -0.15) is 0 Å². The van der Waals surface area contributed by atoms with E-state index in [0.717, 1.165) is 19.3 Å². The number of hydrogen-bond donors (Lipinski definition) is 2. The molecule has 31 heavy (non-hydrogen) atoms. The van der Waals surface area contributed by atoms with Crippen LogP contribution >= 0.6 is 0 Å². The Balaban J connectivity index is 1.67. The molecule has 1 aliphatic carbocycles. The van der Waals surface area contributed by atoms with E-state index in [1.165, 1.54) is 7.11 Å². The van der Waals surface area contributed by atoms with Crippen molar-refractivity contribution in [3.8, 4) is 11.5 Å². The highest BCUT2D eigenvalue weighted by Crippen LogP contribution is 2.31. The van der Waals surface area contributed by atoms with Crippen LogP contribution in [0.5, 0.6) is 11.5 Å². The smallest absolute Gasteiger partial charge is 0.260 e. The van der Waals surface area contributed by atoms with Gasteiger partial charge in [0.05, 0.1) is 20.3 Å². The fourth-order valence-electron chi connectivity index (χ4n) is 4.06. The van der Waals surface area contributed by atoms with Crippen LogP contribution in [-0.2, 0) is 14.3 Å². The number of amides is 3. The Labute approximate surface area is 182 Å². The van der Waals surface area contributed by atoms with Gasteiger partial charge in [-0.15, -0.1) is 0 Å². The highest BCUT2D eigenvalue weighted by atomic mass is 16.5. The molecule has 1 aromatic carbocycles. The first kappa shape index (κ1) is 22.9. The maximum atomic E-state index is 12.9. The topological polar surface area (TPSA) is 106 Å². The summed E-state index contributed by atoms with van der Waals surface area (Å²) in [6.07, 6.45) is 4.06. The minimum Gasteiger partial charge on any atom is -0.493 e. The first-order valence-corrected chi connectivity index (χ1v) is 10.7. The monoisotopic (exact) mass is 433 g/mol. The Bertz CT molecular complexity index is 800. The molecule has 0 aromatic heterocycles. The number of nitrogens with zero attached hydrogens (tertiary/aromatic N) is 1. The maximum absolute atomic E-state index is 12.9. The highest BCUT2D eigenvalue weighted by molar-refractivity contribution is 5.99. The van der Waals surface area contributed by atoms with Gasteiger partial charge in [0.1, 0.15) is 5.54 Å². The lowest BCUT2D eigenvalue weighted by molar-refractivity contribution is -0.137. The van der Waals surface area contributed by atoms with Crippen molar-refractivity contribution in [1.29, 1.82) is 0 Å². The van der Waals surface area contributed by atoms with Gasteiger partial charge in [-0.05, 0) is 31.0 Å². The number of benzene rings is 1. The summed E-state index contributed by atoms with van der Waals surface area (Å²) in [4.78, 5) is 39.4. The Morgan fingerprint density at radius 2 is 1.81 bits per heavy atom. The fourth-order valence-corrected chi connectivity index (χ4v) is 4.06. The number of ether oxygens (including phenoxy) is 3. The molecule has 2 fully saturated rings. The molecule has 1 heterocycles. The number of morpholine rings is 1. The van der Waals surface area contributed by atoms with Crippen molar-refractivity contribution < 1.29 is 28.6 Å². The molecule has 0 spiro atoms. The van der Waals surface area contributed by atoms with Crippen molar-refractivity contribution in [2.45, 2.75) is 37.6 Å². The van der Waals surface area contributed by atoms with E-state index < -0.39 is 5.54 Å². The maximum Gasteiger partial charge on any atom is 0.260 e. The number of carbonyl (C=O) groups is 3. The van der Waals surface area contributed by atoms with Crippen molar-refractivity contribution in [2.24, 2.45) is 0 Å². The Morgan fingerprint density at radius 1 is 1.10 bits per heavy atom. The second-order valence-corrected chi connectivity index (χ2v) is 7.82. The molecule has 0 atom stereocenters.